The number of anilines is 1. The van der Waals surface area contributed by atoms with E-state index in [1.807, 2.05) is 6.07 Å². The molecule has 2 heterocycles. The van der Waals surface area contributed by atoms with E-state index >= 15 is 0 Å². The van der Waals surface area contributed by atoms with Crippen molar-refractivity contribution in [1.29, 1.82) is 0 Å². The molecule has 1 aliphatic heterocycles. The Labute approximate surface area is 132 Å². The molecular formula is C16H26ClN3O. The summed E-state index contributed by atoms with van der Waals surface area (Å²) in [6, 6.07) is 2.20. The number of hydrogen-bond donors (Lipinski definition) is 1. The zero-order chi connectivity index (χ0) is 15.3. The summed E-state index contributed by atoms with van der Waals surface area (Å²) in [5, 5.41) is 4.04. The Bertz CT molecular complexity index is 463. The van der Waals surface area contributed by atoms with Crippen LogP contribution in [0.2, 0.25) is 5.15 Å². The molecule has 1 atom stereocenters. The Kier molecular flexibility index (Phi) is 5.82. The highest BCUT2D eigenvalue weighted by Crippen LogP contribution is 2.32. The van der Waals surface area contributed by atoms with Gasteiger partial charge in [-0.25, -0.2) is 9.97 Å². The Morgan fingerprint density at radius 2 is 2.10 bits per heavy atom. The van der Waals surface area contributed by atoms with Gasteiger partial charge in [-0.15, -0.1) is 0 Å². The molecule has 0 amide bonds. The van der Waals surface area contributed by atoms with Crippen LogP contribution in [0, 0.1) is 0 Å². The van der Waals surface area contributed by atoms with Crippen molar-refractivity contribution >= 4 is 17.4 Å². The van der Waals surface area contributed by atoms with Crippen LogP contribution in [0.25, 0.3) is 0 Å². The molecule has 1 fully saturated rings. The first-order chi connectivity index (χ1) is 10.1. The molecule has 0 spiro atoms. The molecule has 118 valence electrons. The molecule has 0 radical (unpaired) electrons. The molecule has 0 aliphatic carbocycles. The number of hydrogen-bond acceptors (Lipinski definition) is 4. The number of aromatic nitrogens is 2. The zero-order valence-electron chi connectivity index (χ0n) is 13.3. The minimum atomic E-state index is 0.0129. The fourth-order valence-electron chi connectivity index (χ4n) is 2.98. The predicted octanol–water partition coefficient (Wildman–Crippen LogP) is 4.23. The number of nitrogens with one attached hydrogen (secondary N) is 1. The van der Waals surface area contributed by atoms with Crippen LogP contribution in [0.15, 0.2) is 6.07 Å². The van der Waals surface area contributed by atoms with Crippen molar-refractivity contribution in [2.45, 2.75) is 70.9 Å². The van der Waals surface area contributed by atoms with Crippen LogP contribution in [-0.2, 0) is 11.2 Å². The first kappa shape index (κ1) is 16.5. The van der Waals surface area contributed by atoms with Crippen molar-refractivity contribution < 1.29 is 4.74 Å². The monoisotopic (exact) mass is 311 g/mol. The second kappa shape index (κ2) is 7.41. The molecule has 1 N–H and O–H groups in total. The van der Waals surface area contributed by atoms with E-state index in [9.17, 15) is 0 Å². The minimum absolute atomic E-state index is 0.0129. The lowest BCUT2D eigenvalue weighted by Gasteiger charge is -2.40. The summed E-state index contributed by atoms with van der Waals surface area (Å²) in [5.41, 5.74) is 0.0129. The van der Waals surface area contributed by atoms with Crippen molar-refractivity contribution in [2.75, 3.05) is 11.9 Å². The lowest BCUT2D eigenvalue weighted by molar-refractivity contribution is -0.0864. The molecule has 1 aromatic rings. The first-order valence-electron chi connectivity index (χ1n) is 8.04. The maximum atomic E-state index is 6.10. The van der Waals surface area contributed by atoms with Crippen LogP contribution >= 0.6 is 11.6 Å². The summed E-state index contributed by atoms with van der Waals surface area (Å²) in [7, 11) is 0. The third-order valence-electron chi connectivity index (χ3n) is 4.35. The average molecular weight is 312 g/mol. The van der Waals surface area contributed by atoms with Gasteiger partial charge < -0.3 is 10.1 Å². The largest absolute Gasteiger partial charge is 0.375 e. The van der Waals surface area contributed by atoms with Gasteiger partial charge >= 0.3 is 0 Å². The van der Waals surface area contributed by atoms with Gasteiger partial charge in [0.2, 0.25) is 0 Å². The summed E-state index contributed by atoms with van der Waals surface area (Å²) in [6.07, 6.45) is 6.00. The second-order valence-corrected chi connectivity index (χ2v) is 6.20. The smallest absolute Gasteiger partial charge is 0.134 e. The summed E-state index contributed by atoms with van der Waals surface area (Å²) in [5.74, 6) is 1.66. The van der Waals surface area contributed by atoms with Gasteiger partial charge in [0.05, 0.1) is 5.60 Å². The maximum absolute atomic E-state index is 6.10. The van der Waals surface area contributed by atoms with Crippen LogP contribution in [0.4, 0.5) is 5.82 Å². The topological polar surface area (TPSA) is 47.0 Å². The molecular weight excluding hydrogens is 286 g/mol. The van der Waals surface area contributed by atoms with E-state index in [-0.39, 0.29) is 5.60 Å². The molecule has 5 heteroatoms. The quantitative estimate of drug-likeness (QED) is 0.799. The SMILES string of the molecule is CCCc1nc(Cl)cc(NC2CCOC(CC)(CC)C2)n1. The van der Waals surface area contributed by atoms with Crippen molar-refractivity contribution in [3.05, 3.63) is 17.0 Å². The normalized spacial score (nSPS) is 21.2. The van der Waals surface area contributed by atoms with Gasteiger partial charge in [0.15, 0.2) is 0 Å². The number of nitrogens with zero attached hydrogens (tertiary/aromatic N) is 2. The fraction of sp³-hybridized carbons (Fsp3) is 0.750. The van der Waals surface area contributed by atoms with Gasteiger partial charge in [-0.05, 0) is 32.1 Å². The number of aryl methyl sites for hydroxylation is 1. The van der Waals surface area contributed by atoms with Gasteiger partial charge in [-0.2, -0.15) is 0 Å². The number of halogens is 1. The van der Waals surface area contributed by atoms with E-state index < -0.39 is 0 Å². The number of ether oxygens (including phenoxy) is 1. The van der Waals surface area contributed by atoms with Crippen LogP contribution in [0.3, 0.4) is 0 Å². The first-order valence-corrected chi connectivity index (χ1v) is 8.42. The third-order valence-corrected chi connectivity index (χ3v) is 4.54. The molecule has 1 aromatic heterocycles. The van der Waals surface area contributed by atoms with Crippen molar-refractivity contribution in [2.24, 2.45) is 0 Å². The molecule has 1 aliphatic rings. The van der Waals surface area contributed by atoms with Gasteiger partial charge in [-0.3, -0.25) is 0 Å². The van der Waals surface area contributed by atoms with Crippen molar-refractivity contribution in [3.63, 3.8) is 0 Å². The van der Waals surface area contributed by atoms with E-state index in [4.69, 9.17) is 16.3 Å². The molecule has 2 rings (SSSR count). The van der Waals surface area contributed by atoms with E-state index in [2.05, 4.69) is 36.1 Å². The highest BCUT2D eigenvalue weighted by molar-refractivity contribution is 6.29. The summed E-state index contributed by atoms with van der Waals surface area (Å²) in [6.45, 7) is 7.33. The second-order valence-electron chi connectivity index (χ2n) is 5.81. The molecule has 0 saturated carbocycles. The highest BCUT2D eigenvalue weighted by atomic mass is 35.5. The number of rotatable bonds is 6. The van der Waals surface area contributed by atoms with Gasteiger partial charge in [0, 0.05) is 25.1 Å². The fourth-order valence-corrected chi connectivity index (χ4v) is 3.18. The summed E-state index contributed by atoms with van der Waals surface area (Å²) >= 11 is 6.10. The lowest BCUT2D eigenvalue weighted by atomic mass is 9.86. The average Bonchev–Trinajstić information content (AvgIpc) is 2.47. The van der Waals surface area contributed by atoms with Crippen LogP contribution in [-0.4, -0.2) is 28.2 Å². The summed E-state index contributed by atoms with van der Waals surface area (Å²) in [4.78, 5) is 8.84. The molecule has 0 bridgehead atoms. The minimum Gasteiger partial charge on any atom is -0.375 e. The third kappa shape index (κ3) is 4.30. The Morgan fingerprint density at radius 1 is 1.33 bits per heavy atom. The van der Waals surface area contributed by atoms with E-state index in [1.54, 1.807) is 0 Å². The zero-order valence-corrected chi connectivity index (χ0v) is 14.0. The maximum Gasteiger partial charge on any atom is 0.134 e. The molecule has 4 nitrogen and oxygen atoms in total. The summed E-state index contributed by atoms with van der Waals surface area (Å²) < 4.78 is 6.02. The molecule has 1 saturated heterocycles. The van der Waals surface area contributed by atoms with Gasteiger partial charge in [0.25, 0.3) is 0 Å². The van der Waals surface area contributed by atoms with Gasteiger partial charge in [0.1, 0.15) is 16.8 Å². The van der Waals surface area contributed by atoms with Gasteiger partial charge in [-0.1, -0.05) is 32.4 Å². The Morgan fingerprint density at radius 3 is 2.76 bits per heavy atom. The van der Waals surface area contributed by atoms with Crippen LogP contribution < -0.4 is 5.32 Å². The van der Waals surface area contributed by atoms with Crippen LogP contribution in [0.5, 0.6) is 0 Å². The van der Waals surface area contributed by atoms with E-state index in [1.165, 1.54) is 0 Å². The molecule has 0 aromatic carbocycles. The van der Waals surface area contributed by atoms with Crippen molar-refractivity contribution in [1.82, 2.24) is 9.97 Å². The van der Waals surface area contributed by atoms with Crippen LogP contribution in [0.1, 0.15) is 58.7 Å². The molecule has 1 unspecified atom stereocenters. The Balaban J connectivity index is 2.07. The molecule has 21 heavy (non-hydrogen) atoms. The lowest BCUT2D eigenvalue weighted by Crippen LogP contribution is -2.43. The predicted molar refractivity (Wildman–Crippen MR) is 86.9 cm³/mol. The highest BCUT2D eigenvalue weighted by Gasteiger charge is 2.34. The Hall–Kier alpha value is -0.870. The van der Waals surface area contributed by atoms with E-state index in [0.717, 1.165) is 56.8 Å². The van der Waals surface area contributed by atoms with Crippen molar-refractivity contribution in [3.8, 4) is 0 Å². The standard InChI is InChI=1S/C16H26ClN3O/c1-4-7-14-19-13(17)10-15(20-14)18-12-8-9-21-16(5-2,6-3)11-12/h10,12H,4-9,11H2,1-3H3,(H,18,19,20). The van der Waals surface area contributed by atoms with E-state index in [0.29, 0.717) is 11.2 Å².